The third-order valence-corrected chi connectivity index (χ3v) is 5.80. The second kappa shape index (κ2) is 8.40. The molecule has 29 heavy (non-hydrogen) atoms. The first-order chi connectivity index (χ1) is 14.1. The number of nitrogens with one attached hydrogen (secondary N) is 1. The fourth-order valence-electron chi connectivity index (χ4n) is 3.35. The fraction of sp³-hybridized carbons (Fsp3) is 0.238. The van der Waals surface area contributed by atoms with Gasteiger partial charge in [0.05, 0.1) is 17.8 Å². The first-order valence-electron chi connectivity index (χ1n) is 9.43. The molecule has 148 valence electrons. The van der Waals surface area contributed by atoms with Crippen molar-refractivity contribution < 1.29 is 9.59 Å². The Morgan fingerprint density at radius 2 is 2.00 bits per heavy atom. The van der Waals surface area contributed by atoms with Gasteiger partial charge in [-0.25, -0.2) is 9.97 Å². The van der Waals surface area contributed by atoms with Gasteiger partial charge in [-0.2, -0.15) is 0 Å². The number of aromatic nitrogens is 2. The number of thiazole rings is 1. The molecule has 3 N–H and O–H groups in total. The zero-order chi connectivity index (χ0) is 20.2. The predicted octanol–water partition coefficient (Wildman–Crippen LogP) is 3.16. The molecule has 1 aliphatic heterocycles. The molecule has 1 saturated heterocycles. The van der Waals surface area contributed by atoms with E-state index in [0.29, 0.717) is 17.9 Å². The van der Waals surface area contributed by atoms with E-state index < -0.39 is 0 Å². The molecule has 0 bridgehead atoms. The quantitative estimate of drug-likeness (QED) is 0.677. The number of carbonyl (C=O) groups is 2. The van der Waals surface area contributed by atoms with E-state index in [1.54, 1.807) is 17.6 Å². The highest BCUT2D eigenvalue weighted by atomic mass is 32.1. The Kier molecular flexibility index (Phi) is 5.53. The molecule has 2 aromatic heterocycles. The lowest BCUT2D eigenvalue weighted by atomic mass is 9.97. The van der Waals surface area contributed by atoms with Crippen molar-refractivity contribution in [2.75, 3.05) is 23.3 Å². The topological polar surface area (TPSA) is 101 Å². The maximum atomic E-state index is 12.5. The minimum Gasteiger partial charge on any atom is -0.369 e. The van der Waals surface area contributed by atoms with Gasteiger partial charge in [0, 0.05) is 24.0 Å². The van der Waals surface area contributed by atoms with Gasteiger partial charge in [0.2, 0.25) is 5.91 Å². The lowest BCUT2D eigenvalue weighted by Gasteiger charge is -2.32. The van der Waals surface area contributed by atoms with Crippen LogP contribution >= 0.6 is 11.3 Å². The van der Waals surface area contributed by atoms with Crippen LogP contribution < -0.4 is 16.0 Å². The molecule has 3 heterocycles. The molecule has 1 aromatic carbocycles. The van der Waals surface area contributed by atoms with Crippen molar-refractivity contribution in [2.24, 2.45) is 11.7 Å². The highest BCUT2D eigenvalue weighted by molar-refractivity contribution is 7.13. The number of primary amides is 1. The van der Waals surface area contributed by atoms with Gasteiger partial charge >= 0.3 is 0 Å². The first kappa shape index (κ1) is 19.1. The maximum absolute atomic E-state index is 12.5. The number of anilines is 2. The minimum atomic E-state index is -0.273. The number of nitrogens with zero attached hydrogens (tertiary/aromatic N) is 3. The Bertz CT molecular complexity index is 1000. The van der Waals surface area contributed by atoms with Crippen LogP contribution in [0.25, 0.3) is 10.6 Å². The van der Waals surface area contributed by atoms with Gasteiger partial charge in [0.25, 0.3) is 5.91 Å². The SMILES string of the molecule is NC(=O)C1CCCN(c2ccc(NC(=O)c3csc(-c4ccccc4)n3)cn2)C1. The molecule has 2 amide bonds. The Morgan fingerprint density at radius 1 is 1.17 bits per heavy atom. The minimum absolute atomic E-state index is 0.145. The van der Waals surface area contributed by atoms with Crippen molar-refractivity contribution >= 4 is 34.7 Å². The first-order valence-corrected chi connectivity index (χ1v) is 10.3. The molecular formula is C21H21N5O2S. The Morgan fingerprint density at radius 3 is 2.72 bits per heavy atom. The van der Waals surface area contributed by atoms with Gasteiger partial charge in [0.15, 0.2) is 0 Å². The number of nitrogens with two attached hydrogens (primary N) is 1. The maximum Gasteiger partial charge on any atom is 0.275 e. The Labute approximate surface area is 172 Å². The molecule has 0 radical (unpaired) electrons. The molecule has 0 aliphatic carbocycles. The Balaban J connectivity index is 1.41. The molecule has 3 aromatic rings. The normalized spacial score (nSPS) is 16.4. The summed E-state index contributed by atoms with van der Waals surface area (Å²) in [6.45, 7) is 1.42. The molecule has 8 heteroatoms. The summed E-state index contributed by atoms with van der Waals surface area (Å²) in [5.41, 5.74) is 7.39. The van der Waals surface area contributed by atoms with Gasteiger partial charge in [-0.05, 0) is 25.0 Å². The summed E-state index contributed by atoms with van der Waals surface area (Å²) in [5, 5.41) is 5.38. The number of piperidine rings is 1. The molecule has 1 fully saturated rings. The third-order valence-electron chi connectivity index (χ3n) is 4.91. The third kappa shape index (κ3) is 4.43. The van der Waals surface area contributed by atoms with Crippen LogP contribution in [0.3, 0.4) is 0 Å². The molecule has 1 atom stereocenters. The average molecular weight is 407 g/mol. The van der Waals surface area contributed by atoms with E-state index in [-0.39, 0.29) is 17.7 Å². The van der Waals surface area contributed by atoms with Gasteiger partial charge in [-0.1, -0.05) is 30.3 Å². The number of hydrogen-bond acceptors (Lipinski definition) is 6. The van der Waals surface area contributed by atoms with E-state index >= 15 is 0 Å². The van der Waals surface area contributed by atoms with Crippen molar-refractivity contribution in [3.63, 3.8) is 0 Å². The molecule has 4 rings (SSSR count). The van der Waals surface area contributed by atoms with E-state index in [2.05, 4.69) is 20.2 Å². The lowest BCUT2D eigenvalue weighted by molar-refractivity contribution is -0.122. The van der Waals surface area contributed by atoms with Gasteiger partial charge in [0.1, 0.15) is 16.5 Å². The second-order valence-electron chi connectivity index (χ2n) is 6.95. The molecule has 0 spiro atoms. The summed E-state index contributed by atoms with van der Waals surface area (Å²) in [5.74, 6) is 0.0869. The van der Waals surface area contributed by atoms with Crippen LogP contribution in [0.1, 0.15) is 23.3 Å². The molecular weight excluding hydrogens is 386 g/mol. The van der Waals surface area contributed by atoms with Crippen molar-refractivity contribution in [3.8, 4) is 10.6 Å². The lowest BCUT2D eigenvalue weighted by Crippen LogP contribution is -2.41. The largest absolute Gasteiger partial charge is 0.369 e. The smallest absolute Gasteiger partial charge is 0.275 e. The van der Waals surface area contributed by atoms with E-state index in [1.165, 1.54) is 11.3 Å². The van der Waals surface area contributed by atoms with Crippen LogP contribution in [0.15, 0.2) is 54.0 Å². The zero-order valence-corrected chi connectivity index (χ0v) is 16.6. The highest BCUT2D eigenvalue weighted by Crippen LogP contribution is 2.25. The highest BCUT2D eigenvalue weighted by Gasteiger charge is 2.24. The van der Waals surface area contributed by atoms with E-state index in [9.17, 15) is 9.59 Å². The van der Waals surface area contributed by atoms with Crippen LogP contribution in [-0.2, 0) is 4.79 Å². The van der Waals surface area contributed by atoms with Gasteiger partial charge in [-0.15, -0.1) is 11.3 Å². The fourth-order valence-corrected chi connectivity index (χ4v) is 4.16. The van der Waals surface area contributed by atoms with Crippen LogP contribution in [-0.4, -0.2) is 34.9 Å². The second-order valence-corrected chi connectivity index (χ2v) is 7.81. The summed E-state index contributed by atoms with van der Waals surface area (Å²) in [6, 6.07) is 13.4. The average Bonchev–Trinajstić information content (AvgIpc) is 3.25. The monoisotopic (exact) mass is 407 g/mol. The summed E-state index contributed by atoms with van der Waals surface area (Å²) >= 11 is 1.43. The molecule has 1 unspecified atom stereocenters. The number of rotatable bonds is 5. The standard InChI is InChI=1S/C21H21N5O2S/c22-19(27)15-7-4-10-26(12-15)18-9-8-16(11-23-18)24-20(28)17-13-29-21(25-17)14-5-2-1-3-6-14/h1-3,5-6,8-9,11,13,15H,4,7,10,12H2,(H2,22,27)(H,24,28). The van der Waals surface area contributed by atoms with Crippen LogP contribution in [0.2, 0.25) is 0 Å². The van der Waals surface area contributed by atoms with Crippen LogP contribution in [0, 0.1) is 5.92 Å². The van der Waals surface area contributed by atoms with Crippen molar-refractivity contribution in [2.45, 2.75) is 12.8 Å². The summed E-state index contributed by atoms with van der Waals surface area (Å²) < 4.78 is 0. The van der Waals surface area contributed by atoms with Gasteiger partial charge < -0.3 is 16.0 Å². The molecule has 7 nitrogen and oxygen atoms in total. The number of benzene rings is 1. The predicted molar refractivity (Wildman–Crippen MR) is 114 cm³/mol. The number of hydrogen-bond donors (Lipinski definition) is 2. The molecule has 0 saturated carbocycles. The number of amides is 2. The summed E-state index contributed by atoms with van der Waals surface area (Å²) in [4.78, 5) is 34.9. The van der Waals surface area contributed by atoms with E-state index in [0.717, 1.165) is 35.8 Å². The van der Waals surface area contributed by atoms with Crippen molar-refractivity contribution in [1.29, 1.82) is 0 Å². The van der Waals surface area contributed by atoms with Crippen molar-refractivity contribution in [1.82, 2.24) is 9.97 Å². The van der Waals surface area contributed by atoms with Gasteiger partial charge in [-0.3, -0.25) is 9.59 Å². The number of pyridine rings is 1. The van der Waals surface area contributed by atoms with Crippen LogP contribution in [0.5, 0.6) is 0 Å². The summed E-state index contributed by atoms with van der Waals surface area (Å²) in [7, 11) is 0. The number of carbonyl (C=O) groups excluding carboxylic acids is 2. The summed E-state index contributed by atoms with van der Waals surface area (Å²) in [6.07, 6.45) is 3.34. The molecule has 1 aliphatic rings. The van der Waals surface area contributed by atoms with Crippen molar-refractivity contribution in [3.05, 3.63) is 59.7 Å². The van der Waals surface area contributed by atoms with E-state index in [4.69, 9.17) is 5.73 Å². The zero-order valence-electron chi connectivity index (χ0n) is 15.7. The van der Waals surface area contributed by atoms with E-state index in [1.807, 2.05) is 36.4 Å². The van der Waals surface area contributed by atoms with Crippen LogP contribution in [0.4, 0.5) is 11.5 Å². The Hall–Kier alpha value is -3.26.